The van der Waals surface area contributed by atoms with Gasteiger partial charge in [0, 0.05) is 18.7 Å². The number of hydrogen-bond donors (Lipinski definition) is 1. The third-order valence-corrected chi connectivity index (χ3v) is 7.62. The molecule has 0 bridgehead atoms. The zero-order valence-electron chi connectivity index (χ0n) is 22.3. The van der Waals surface area contributed by atoms with Crippen LogP contribution in [0.5, 0.6) is 11.5 Å². The normalized spacial score (nSPS) is 20.7. The molecule has 0 radical (unpaired) electrons. The van der Waals surface area contributed by atoms with Gasteiger partial charge in [0.25, 0.3) is 0 Å². The number of likely N-dealkylation sites (tertiary alicyclic amines) is 1. The molecule has 1 N–H and O–H groups in total. The van der Waals surface area contributed by atoms with Crippen LogP contribution in [0.2, 0.25) is 0 Å². The number of hydrogen-bond acceptors (Lipinski definition) is 6. The lowest BCUT2D eigenvalue weighted by Crippen LogP contribution is -2.41. The van der Waals surface area contributed by atoms with Gasteiger partial charge in [-0.15, -0.1) is 0 Å². The highest BCUT2D eigenvalue weighted by Gasteiger charge is 2.61. The van der Waals surface area contributed by atoms with Crippen LogP contribution in [0.4, 0.5) is 0 Å². The summed E-state index contributed by atoms with van der Waals surface area (Å²) in [6.07, 6.45) is 5.40. The minimum atomic E-state index is -1.17. The molecule has 1 aliphatic carbocycles. The van der Waals surface area contributed by atoms with Crippen molar-refractivity contribution in [1.82, 2.24) is 10.2 Å². The van der Waals surface area contributed by atoms with Gasteiger partial charge in [-0.05, 0) is 55.0 Å². The molecule has 1 aliphatic heterocycles. The zero-order chi connectivity index (χ0) is 27.1. The summed E-state index contributed by atoms with van der Waals surface area (Å²) in [4.78, 5) is 42.1. The van der Waals surface area contributed by atoms with Gasteiger partial charge in [-0.3, -0.25) is 14.4 Å². The van der Waals surface area contributed by atoms with E-state index in [0.717, 1.165) is 41.9 Å². The van der Waals surface area contributed by atoms with Crippen molar-refractivity contribution in [2.24, 2.45) is 11.3 Å². The van der Waals surface area contributed by atoms with Crippen LogP contribution in [0.25, 0.3) is 0 Å². The van der Waals surface area contributed by atoms with E-state index in [-0.39, 0.29) is 18.2 Å². The van der Waals surface area contributed by atoms with Gasteiger partial charge >= 0.3 is 5.97 Å². The van der Waals surface area contributed by atoms with Crippen LogP contribution in [-0.2, 0) is 32.1 Å². The number of nitrogens with one attached hydrogen (secondary N) is 1. The first-order valence-electron chi connectivity index (χ1n) is 13.1. The molecular weight excluding hydrogens is 484 g/mol. The highest BCUT2D eigenvalue weighted by molar-refractivity contribution is 5.98. The van der Waals surface area contributed by atoms with Gasteiger partial charge in [-0.2, -0.15) is 0 Å². The Balaban J connectivity index is 1.56. The Morgan fingerprint density at radius 2 is 1.79 bits per heavy atom. The zero-order valence-corrected chi connectivity index (χ0v) is 22.3. The second-order valence-corrected chi connectivity index (χ2v) is 9.74. The lowest BCUT2D eigenvalue weighted by molar-refractivity contribution is -0.155. The van der Waals surface area contributed by atoms with Gasteiger partial charge in [0.15, 0.2) is 0 Å². The molecule has 1 heterocycles. The molecule has 1 saturated heterocycles. The van der Waals surface area contributed by atoms with Crippen LogP contribution in [0.3, 0.4) is 0 Å². The van der Waals surface area contributed by atoms with Crippen LogP contribution >= 0.6 is 0 Å². The highest BCUT2D eigenvalue weighted by atomic mass is 16.5. The van der Waals surface area contributed by atoms with Gasteiger partial charge < -0.3 is 24.4 Å². The fraction of sp³-hybridized carbons (Fsp3) is 0.433. The molecular formula is C30H36N2O6. The first-order chi connectivity index (χ1) is 18.4. The van der Waals surface area contributed by atoms with Crippen molar-refractivity contribution >= 4 is 17.8 Å². The number of nitrogens with zero attached hydrogens (tertiary/aromatic N) is 1. The summed E-state index contributed by atoms with van der Waals surface area (Å²) in [6.45, 7) is 0.697. The first-order valence-corrected chi connectivity index (χ1v) is 13.1. The molecule has 4 rings (SSSR count). The maximum absolute atomic E-state index is 13.9. The summed E-state index contributed by atoms with van der Waals surface area (Å²) in [6, 6.07) is 15.2. The summed E-state index contributed by atoms with van der Waals surface area (Å²) in [5.41, 5.74) is 1.38. The molecule has 2 aromatic carbocycles. The molecule has 0 spiro atoms. The predicted molar refractivity (Wildman–Crippen MR) is 142 cm³/mol. The number of ether oxygens (including phenoxy) is 3. The molecule has 202 valence electrons. The van der Waals surface area contributed by atoms with Gasteiger partial charge in [0.2, 0.25) is 11.8 Å². The summed E-state index contributed by atoms with van der Waals surface area (Å²) >= 11 is 0. The predicted octanol–water partition coefficient (Wildman–Crippen LogP) is 4.03. The quantitative estimate of drug-likeness (QED) is 0.476. The third-order valence-electron chi connectivity index (χ3n) is 7.62. The van der Waals surface area contributed by atoms with Gasteiger partial charge in [-0.25, -0.2) is 0 Å². The van der Waals surface area contributed by atoms with Crippen molar-refractivity contribution in [2.45, 2.75) is 45.1 Å². The fourth-order valence-corrected chi connectivity index (χ4v) is 5.69. The van der Waals surface area contributed by atoms with Gasteiger partial charge in [0.05, 0.1) is 33.8 Å². The van der Waals surface area contributed by atoms with E-state index in [1.165, 1.54) is 7.11 Å². The average molecular weight is 521 g/mol. The number of carbonyl (C=O) groups excluding carboxylic acids is 3. The Bertz CT molecular complexity index is 1190. The van der Waals surface area contributed by atoms with Crippen LogP contribution in [0, 0.1) is 11.3 Å². The minimum absolute atomic E-state index is 0.0870. The molecule has 2 amide bonds. The Labute approximate surface area is 223 Å². The third kappa shape index (κ3) is 5.39. The van der Waals surface area contributed by atoms with E-state index in [2.05, 4.69) is 5.32 Å². The number of carbonyl (C=O) groups is 3. The van der Waals surface area contributed by atoms with Crippen molar-refractivity contribution < 1.29 is 28.6 Å². The Hall–Kier alpha value is -3.81. The molecule has 2 aromatic rings. The topological polar surface area (TPSA) is 94.2 Å². The summed E-state index contributed by atoms with van der Waals surface area (Å²) in [5, 5.41) is 2.94. The van der Waals surface area contributed by atoms with E-state index in [4.69, 9.17) is 14.2 Å². The number of benzene rings is 2. The molecule has 8 heteroatoms. The van der Waals surface area contributed by atoms with Gasteiger partial charge in [0.1, 0.15) is 16.9 Å². The number of allylic oxidation sites excluding steroid dienone is 1. The van der Waals surface area contributed by atoms with E-state index in [0.29, 0.717) is 31.6 Å². The maximum atomic E-state index is 13.9. The summed E-state index contributed by atoms with van der Waals surface area (Å²) in [7, 11) is 4.57. The molecule has 0 aromatic heterocycles. The largest absolute Gasteiger partial charge is 0.497 e. The molecule has 38 heavy (non-hydrogen) atoms. The van der Waals surface area contributed by atoms with Crippen molar-refractivity contribution in [3.63, 3.8) is 0 Å². The van der Waals surface area contributed by atoms with E-state index in [1.807, 2.05) is 54.6 Å². The molecule has 0 saturated carbocycles. The molecule has 0 unspecified atom stereocenters. The average Bonchev–Trinajstić information content (AvgIpc) is 3.07. The lowest BCUT2D eigenvalue weighted by atomic mass is 9.71. The van der Waals surface area contributed by atoms with Gasteiger partial charge in [-0.1, -0.05) is 42.8 Å². The highest BCUT2D eigenvalue weighted by Crippen LogP contribution is 2.53. The summed E-state index contributed by atoms with van der Waals surface area (Å²) in [5.74, 6) is -0.288. The van der Waals surface area contributed by atoms with Crippen molar-refractivity contribution in [3.05, 3.63) is 71.4 Å². The standard InChI is InChI=1S/C30H36N2O6/c1-36-23-14-12-21(13-15-23)20-32-26-11-5-4-8-17-30(26,29(35)38-3)24(28(32)34)19-27(33)31-18-16-22-9-6-7-10-25(22)37-2/h6-7,9-15,24H,4-5,8,16-20H2,1-3H3,(H,31,33)/t24-,30-/m0/s1. The molecule has 2 atom stereocenters. The Morgan fingerprint density at radius 3 is 2.50 bits per heavy atom. The fourth-order valence-electron chi connectivity index (χ4n) is 5.69. The van der Waals surface area contributed by atoms with E-state index in [1.54, 1.807) is 19.1 Å². The maximum Gasteiger partial charge on any atom is 0.318 e. The number of methoxy groups -OCH3 is 3. The molecule has 8 nitrogen and oxygen atoms in total. The number of esters is 1. The van der Waals surface area contributed by atoms with Crippen molar-refractivity contribution in [3.8, 4) is 11.5 Å². The minimum Gasteiger partial charge on any atom is -0.497 e. The Morgan fingerprint density at radius 1 is 1.03 bits per heavy atom. The van der Waals surface area contributed by atoms with Crippen LogP contribution < -0.4 is 14.8 Å². The Kier molecular flexibility index (Phi) is 8.71. The molecule has 1 fully saturated rings. The van der Waals surface area contributed by atoms with Crippen molar-refractivity contribution in [1.29, 1.82) is 0 Å². The van der Waals surface area contributed by atoms with Crippen molar-refractivity contribution in [2.75, 3.05) is 27.9 Å². The van der Waals surface area contributed by atoms with E-state index >= 15 is 0 Å². The molecule has 2 aliphatic rings. The van der Waals surface area contributed by atoms with Crippen LogP contribution in [0.15, 0.2) is 60.3 Å². The van der Waals surface area contributed by atoms with Crippen LogP contribution in [-0.4, -0.2) is 50.6 Å². The number of fused-ring (bicyclic) bond motifs is 1. The lowest BCUT2D eigenvalue weighted by Gasteiger charge is -2.31. The number of amides is 2. The smallest absolute Gasteiger partial charge is 0.318 e. The van der Waals surface area contributed by atoms with E-state index < -0.39 is 17.3 Å². The first kappa shape index (κ1) is 27.2. The van der Waals surface area contributed by atoms with Crippen LogP contribution in [0.1, 0.15) is 43.2 Å². The monoisotopic (exact) mass is 520 g/mol. The van der Waals surface area contributed by atoms with E-state index in [9.17, 15) is 14.4 Å². The SMILES string of the molecule is COC(=O)[C@]12CCCCC=C1N(Cc1ccc(OC)cc1)C(=O)[C@@H]2CC(=O)NCCc1ccccc1OC. The second kappa shape index (κ2) is 12.2. The number of para-hydroxylation sites is 1. The summed E-state index contributed by atoms with van der Waals surface area (Å²) < 4.78 is 15.9. The second-order valence-electron chi connectivity index (χ2n) is 9.74. The number of rotatable bonds is 10.